The van der Waals surface area contributed by atoms with E-state index in [-0.39, 0.29) is 0 Å². The molecular weight excluding hydrogens is 318 g/mol. The van der Waals surface area contributed by atoms with Gasteiger partial charge in [-0.15, -0.1) is 0 Å². The Hall–Kier alpha value is -1.62. The molecule has 0 aliphatic carbocycles. The summed E-state index contributed by atoms with van der Waals surface area (Å²) in [6, 6.07) is 7.71. The van der Waals surface area contributed by atoms with Crippen molar-refractivity contribution in [1.82, 2.24) is 9.97 Å². The normalized spacial score (nSPS) is 10.4. The number of hydrogen-bond acceptors (Lipinski definition) is 4. The zero-order chi connectivity index (χ0) is 14.5. The van der Waals surface area contributed by atoms with Crippen molar-refractivity contribution in [3.63, 3.8) is 0 Å². The molecule has 0 saturated carbocycles. The average molecular weight is 336 g/mol. The van der Waals surface area contributed by atoms with Crippen LogP contribution < -0.4 is 10.1 Å². The van der Waals surface area contributed by atoms with E-state index in [4.69, 9.17) is 4.74 Å². The van der Waals surface area contributed by atoms with Crippen LogP contribution >= 0.6 is 15.9 Å². The van der Waals surface area contributed by atoms with Crippen LogP contribution in [0, 0.1) is 6.92 Å². The van der Waals surface area contributed by atoms with E-state index in [1.807, 2.05) is 32.2 Å². The van der Waals surface area contributed by atoms with Crippen LogP contribution in [0.25, 0.3) is 0 Å². The van der Waals surface area contributed by atoms with Gasteiger partial charge < -0.3 is 10.1 Å². The van der Waals surface area contributed by atoms with E-state index in [0.29, 0.717) is 5.88 Å². The highest BCUT2D eigenvalue weighted by molar-refractivity contribution is 9.10. The lowest BCUT2D eigenvalue weighted by Crippen LogP contribution is -2.02. The molecule has 0 radical (unpaired) electrons. The van der Waals surface area contributed by atoms with Gasteiger partial charge in [0, 0.05) is 24.0 Å². The van der Waals surface area contributed by atoms with Crippen molar-refractivity contribution in [3.05, 3.63) is 40.1 Å². The van der Waals surface area contributed by atoms with Gasteiger partial charge in [-0.25, -0.2) is 4.98 Å². The molecule has 0 aliphatic heterocycles. The Morgan fingerprint density at radius 3 is 2.70 bits per heavy atom. The summed E-state index contributed by atoms with van der Waals surface area (Å²) < 4.78 is 6.92. The lowest BCUT2D eigenvalue weighted by atomic mass is 10.2. The van der Waals surface area contributed by atoms with Crippen molar-refractivity contribution in [3.8, 4) is 11.6 Å². The maximum absolute atomic E-state index is 5.88. The van der Waals surface area contributed by atoms with Crippen LogP contribution in [-0.2, 0) is 6.42 Å². The molecule has 5 heteroatoms. The van der Waals surface area contributed by atoms with Gasteiger partial charge in [0.15, 0.2) is 0 Å². The number of benzene rings is 1. The number of anilines is 1. The van der Waals surface area contributed by atoms with E-state index in [1.54, 1.807) is 6.07 Å². The number of aryl methyl sites for hydroxylation is 2. The summed E-state index contributed by atoms with van der Waals surface area (Å²) in [5, 5.41) is 3.04. The number of halogens is 1. The molecule has 0 aliphatic rings. The smallest absolute Gasteiger partial charge is 0.224 e. The SMILES string of the molecule is CCCc1nc(NC)cc(Oc2ccc(Br)cc2C)n1. The Morgan fingerprint density at radius 2 is 2.05 bits per heavy atom. The second-order valence-electron chi connectivity index (χ2n) is 4.52. The minimum atomic E-state index is 0.568. The maximum atomic E-state index is 5.88. The number of nitrogens with one attached hydrogen (secondary N) is 1. The molecule has 0 bridgehead atoms. The van der Waals surface area contributed by atoms with Crippen LogP contribution in [0.5, 0.6) is 11.6 Å². The number of hydrogen-bond donors (Lipinski definition) is 1. The predicted molar refractivity (Wildman–Crippen MR) is 84.5 cm³/mol. The van der Waals surface area contributed by atoms with Crippen molar-refractivity contribution < 1.29 is 4.74 Å². The summed E-state index contributed by atoms with van der Waals surface area (Å²) >= 11 is 3.45. The molecule has 0 fully saturated rings. The third-order valence-corrected chi connectivity index (χ3v) is 3.32. The Balaban J connectivity index is 2.29. The Labute approximate surface area is 127 Å². The summed E-state index contributed by atoms with van der Waals surface area (Å²) in [4.78, 5) is 8.85. The van der Waals surface area contributed by atoms with Gasteiger partial charge in [0.2, 0.25) is 5.88 Å². The third-order valence-electron chi connectivity index (χ3n) is 2.83. The zero-order valence-corrected chi connectivity index (χ0v) is 13.5. The van der Waals surface area contributed by atoms with Crippen molar-refractivity contribution in [2.75, 3.05) is 12.4 Å². The highest BCUT2D eigenvalue weighted by Gasteiger charge is 2.07. The van der Waals surface area contributed by atoms with Gasteiger partial charge in [-0.05, 0) is 37.1 Å². The summed E-state index contributed by atoms with van der Waals surface area (Å²) in [5.41, 5.74) is 1.06. The van der Waals surface area contributed by atoms with Crippen molar-refractivity contribution >= 4 is 21.7 Å². The van der Waals surface area contributed by atoms with E-state index < -0.39 is 0 Å². The molecule has 106 valence electrons. The van der Waals surface area contributed by atoms with E-state index >= 15 is 0 Å². The molecule has 0 saturated heterocycles. The fourth-order valence-corrected chi connectivity index (χ4v) is 2.30. The molecule has 0 amide bonds. The van der Waals surface area contributed by atoms with Crippen molar-refractivity contribution in [2.24, 2.45) is 0 Å². The molecule has 1 heterocycles. The fraction of sp³-hybridized carbons (Fsp3) is 0.333. The Morgan fingerprint density at radius 1 is 1.25 bits per heavy atom. The zero-order valence-electron chi connectivity index (χ0n) is 11.9. The van der Waals surface area contributed by atoms with Gasteiger partial charge in [-0.2, -0.15) is 4.98 Å². The minimum absolute atomic E-state index is 0.568. The maximum Gasteiger partial charge on any atom is 0.224 e. The van der Waals surface area contributed by atoms with Gasteiger partial charge >= 0.3 is 0 Å². The standard InChI is InChI=1S/C15H18BrN3O/c1-4-5-13-18-14(17-3)9-15(19-13)20-12-7-6-11(16)8-10(12)2/h6-9H,4-5H2,1-3H3,(H,17,18,19). The van der Waals surface area contributed by atoms with E-state index in [2.05, 4.69) is 38.1 Å². The van der Waals surface area contributed by atoms with Crippen LogP contribution in [0.1, 0.15) is 24.7 Å². The molecule has 2 aromatic rings. The molecule has 0 atom stereocenters. The quantitative estimate of drug-likeness (QED) is 0.883. The summed E-state index contributed by atoms with van der Waals surface area (Å²) in [7, 11) is 1.84. The second kappa shape index (κ2) is 6.70. The third kappa shape index (κ3) is 3.70. The first kappa shape index (κ1) is 14.8. The van der Waals surface area contributed by atoms with Crippen molar-refractivity contribution in [2.45, 2.75) is 26.7 Å². The van der Waals surface area contributed by atoms with E-state index in [0.717, 1.165) is 40.3 Å². The number of rotatable bonds is 5. The molecular formula is C15H18BrN3O. The van der Waals surface area contributed by atoms with Gasteiger partial charge in [0.05, 0.1) is 0 Å². The molecule has 0 spiro atoms. The molecule has 0 unspecified atom stereocenters. The Bertz CT molecular complexity index is 602. The van der Waals surface area contributed by atoms with E-state index in [9.17, 15) is 0 Å². The van der Waals surface area contributed by atoms with Gasteiger partial charge in [0.1, 0.15) is 17.4 Å². The first-order valence-electron chi connectivity index (χ1n) is 6.62. The first-order valence-corrected chi connectivity index (χ1v) is 7.41. The number of nitrogens with zero attached hydrogens (tertiary/aromatic N) is 2. The monoisotopic (exact) mass is 335 g/mol. The topological polar surface area (TPSA) is 47.0 Å². The largest absolute Gasteiger partial charge is 0.439 e. The molecule has 1 aromatic carbocycles. The summed E-state index contributed by atoms with van der Waals surface area (Å²) in [5.74, 6) is 2.94. The van der Waals surface area contributed by atoms with Crippen LogP contribution in [0.15, 0.2) is 28.7 Å². The highest BCUT2D eigenvalue weighted by Crippen LogP contribution is 2.27. The van der Waals surface area contributed by atoms with Crippen LogP contribution in [0.2, 0.25) is 0 Å². The minimum Gasteiger partial charge on any atom is -0.439 e. The van der Waals surface area contributed by atoms with Crippen LogP contribution in [0.4, 0.5) is 5.82 Å². The average Bonchev–Trinajstić information content (AvgIpc) is 2.42. The number of aromatic nitrogens is 2. The van der Waals surface area contributed by atoms with Gasteiger partial charge in [0.25, 0.3) is 0 Å². The van der Waals surface area contributed by atoms with Crippen molar-refractivity contribution in [1.29, 1.82) is 0 Å². The highest BCUT2D eigenvalue weighted by atomic mass is 79.9. The fourth-order valence-electron chi connectivity index (χ4n) is 1.83. The van der Waals surface area contributed by atoms with Gasteiger partial charge in [-0.1, -0.05) is 22.9 Å². The lowest BCUT2D eigenvalue weighted by molar-refractivity contribution is 0.455. The molecule has 2 rings (SSSR count). The molecule has 4 nitrogen and oxygen atoms in total. The van der Waals surface area contributed by atoms with Crippen LogP contribution in [-0.4, -0.2) is 17.0 Å². The predicted octanol–water partition coefficient (Wildman–Crippen LogP) is 4.33. The van der Waals surface area contributed by atoms with Gasteiger partial charge in [-0.3, -0.25) is 0 Å². The lowest BCUT2D eigenvalue weighted by Gasteiger charge is -2.10. The Kier molecular flexibility index (Phi) is 4.95. The molecule has 1 N–H and O–H groups in total. The summed E-state index contributed by atoms with van der Waals surface area (Å²) in [6.07, 6.45) is 1.84. The second-order valence-corrected chi connectivity index (χ2v) is 5.44. The van der Waals surface area contributed by atoms with Crippen LogP contribution in [0.3, 0.4) is 0 Å². The first-order chi connectivity index (χ1) is 9.62. The van der Waals surface area contributed by atoms with E-state index in [1.165, 1.54) is 0 Å². The molecule has 20 heavy (non-hydrogen) atoms. The molecule has 1 aromatic heterocycles. The number of ether oxygens (including phenoxy) is 1. The summed E-state index contributed by atoms with van der Waals surface area (Å²) in [6.45, 7) is 4.11.